The molecule has 1 aliphatic heterocycles. The Hall–Kier alpha value is -2.81. The van der Waals surface area contributed by atoms with Gasteiger partial charge in [-0.25, -0.2) is 13.8 Å². The molecule has 0 aromatic carbocycles. The maximum absolute atomic E-state index is 14.6. The third kappa shape index (κ3) is 5.28. The number of H-pyrrole nitrogens is 1. The first-order valence-electron chi connectivity index (χ1n) is 10.5. The van der Waals surface area contributed by atoms with E-state index in [9.17, 15) is 18.4 Å². The Labute approximate surface area is 178 Å². The van der Waals surface area contributed by atoms with Crippen molar-refractivity contribution in [3.8, 4) is 5.75 Å². The molecule has 3 heterocycles. The van der Waals surface area contributed by atoms with E-state index in [1.165, 1.54) is 31.2 Å². The lowest BCUT2D eigenvalue weighted by Crippen LogP contribution is -2.52. The lowest BCUT2D eigenvalue weighted by Gasteiger charge is -2.40. The maximum atomic E-state index is 14.6. The quantitative estimate of drug-likeness (QED) is 0.702. The van der Waals surface area contributed by atoms with Crippen LogP contribution in [0.1, 0.15) is 37.7 Å². The Morgan fingerprint density at radius 3 is 2.81 bits per heavy atom. The molecule has 0 spiro atoms. The van der Waals surface area contributed by atoms with Gasteiger partial charge in [0.05, 0.1) is 24.8 Å². The molecule has 1 saturated heterocycles. The van der Waals surface area contributed by atoms with Crippen LogP contribution < -0.4 is 15.6 Å². The van der Waals surface area contributed by atoms with E-state index in [0.717, 1.165) is 0 Å². The van der Waals surface area contributed by atoms with E-state index >= 15 is 0 Å². The van der Waals surface area contributed by atoms with Crippen LogP contribution in [0, 0.1) is 5.92 Å². The summed E-state index contributed by atoms with van der Waals surface area (Å²) in [6, 6.07) is 5.46. The molecule has 2 aliphatic rings. The van der Waals surface area contributed by atoms with Gasteiger partial charge in [0, 0.05) is 31.8 Å². The fourth-order valence-electron chi connectivity index (χ4n) is 3.70. The number of piperidine rings is 1. The highest BCUT2D eigenvalue weighted by molar-refractivity contribution is 5.93. The topological polar surface area (TPSA) is 87.3 Å². The van der Waals surface area contributed by atoms with Crippen LogP contribution in [0.5, 0.6) is 5.75 Å². The van der Waals surface area contributed by atoms with E-state index in [2.05, 4.69) is 15.3 Å². The molecule has 2 atom stereocenters. The standard InChI is InChI=1S/C22H26F2N4O3/c1-14(21(30)27-19-6-5-17(11-25-19)31-13-15-2-3-15)28-9-8-22(23,24)18(12-28)16-4-7-20(29)26-10-16/h4-7,10-11,14-15,18H,2-3,8-9,12-13H2,1H3,(H,26,29)(H,25,27,30)/t14?,18-/m1/s1. The zero-order chi connectivity index (χ0) is 22.0. The smallest absolute Gasteiger partial charge is 0.257 e. The SMILES string of the molecule is CC(C(=O)Nc1ccc(OCC2CC2)cn1)N1CCC(F)(F)[C@@H](c2ccc(=O)[nH]c2)C1. The molecule has 31 heavy (non-hydrogen) atoms. The Kier molecular flexibility index (Phi) is 6.04. The fourth-order valence-corrected chi connectivity index (χ4v) is 3.70. The molecule has 1 unspecified atom stereocenters. The second kappa shape index (κ2) is 8.74. The lowest BCUT2D eigenvalue weighted by atomic mass is 9.87. The number of hydrogen-bond donors (Lipinski definition) is 2. The molecule has 9 heteroatoms. The molecule has 0 bridgehead atoms. The Balaban J connectivity index is 1.37. The van der Waals surface area contributed by atoms with E-state index in [0.29, 0.717) is 29.7 Å². The van der Waals surface area contributed by atoms with E-state index < -0.39 is 17.9 Å². The number of amides is 1. The van der Waals surface area contributed by atoms with Crippen molar-refractivity contribution in [2.75, 3.05) is 25.0 Å². The van der Waals surface area contributed by atoms with Crippen LogP contribution in [0.2, 0.25) is 0 Å². The number of pyridine rings is 2. The van der Waals surface area contributed by atoms with Crippen LogP contribution in [-0.4, -0.2) is 52.4 Å². The number of anilines is 1. The van der Waals surface area contributed by atoms with Crippen molar-refractivity contribution in [3.63, 3.8) is 0 Å². The minimum atomic E-state index is -2.91. The minimum Gasteiger partial charge on any atom is -0.492 e. The first-order chi connectivity index (χ1) is 14.8. The summed E-state index contributed by atoms with van der Waals surface area (Å²) in [5.41, 5.74) is 0.00861. The number of carbonyl (C=O) groups excluding carboxylic acids is 1. The summed E-state index contributed by atoms with van der Waals surface area (Å²) in [5, 5.41) is 2.74. The van der Waals surface area contributed by atoms with Crippen molar-refractivity contribution in [3.05, 3.63) is 52.6 Å². The summed E-state index contributed by atoms with van der Waals surface area (Å²) >= 11 is 0. The van der Waals surface area contributed by atoms with Crippen molar-refractivity contribution >= 4 is 11.7 Å². The molecule has 1 saturated carbocycles. The van der Waals surface area contributed by atoms with E-state index in [1.54, 1.807) is 30.2 Å². The number of halogens is 2. The molecule has 2 aromatic rings. The number of ether oxygens (including phenoxy) is 1. The Morgan fingerprint density at radius 2 is 2.16 bits per heavy atom. The second-order valence-corrected chi connectivity index (χ2v) is 8.34. The van der Waals surface area contributed by atoms with Gasteiger partial charge >= 0.3 is 0 Å². The monoisotopic (exact) mass is 432 g/mol. The largest absolute Gasteiger partial charge is 0.492 e. The normalized spacial score (nSPS) is 22.0. The van der Waals surface area contributed by atoms with Crippen molar-refractivity contribution < 1.29 is 18.3 Å². The van der Waals surface area contributed by atoms with Crippen molar-refractivity contribution in [1.82, 2.24) is 14.9 Å². The van der Waals surface area contributed by atoms with Gasteiger partial charge in [-0.05, 0) is 43.4 Å². The molecule has 2 aromatic heterocycles. The molecule has 2 fully saturated rings. The number of aromatic amines is 1. The molecule has 1 aliphatic carbocycles. The molecule has 1 amide bonds. The number of rotatable bonds is 7. The van der Waals surface area contributed by atoms with Gasteiger partial charge in [0.15, 0.2) is 0 Å². The molecular weight excluding hydrogens is 406 g/mol. The molecule has 0 radical (unpaired) electrons. The minimum absolute atomic E-state index is 0.00893. The highest BCUT2D eigenvalue weighted by Gasteiger charge is 2.46. The van der Waals surface area contributed by atoms with E-state index in [4.69, 9.17) is 4.74 Å². The molecule has 2 N–H and O–H groups in total. The number of hydrogen-bond acceptors (Lipinski definition) is 5. The predicted molar refractivity (Wildman–Crippen MR) is 111 cm³/mol. The highest BCUT2D eigenvalue weighted by Crippen LogP contribution is 2.40. The third-order valence-corrected chi connectivity index (χ3v) is 5.97. The lowest BCUT2D eigenvalue weighted by molar-refractivity contribution is -0.125. The number of carbonyl (C=O) groups is 1. The zero-order valence-corrected chi connectivity index (χ0v) is 17.3. The summed E-state index contributed by atoms with van der Waals surface area (Å²) in [7, 11) is 0. The number of likely N-dealkylation sites (tertiary alicyclic amines) is 1. The van der Waals surface area contributed by atoms with Crippen molar-refractivity contribution in [2.45, 2.75) is 44.1 Å². The van der Waals surface area contributed by atoms with Gasteiger partial charge in [-0.2, -0.15) is 0 Å². The van der Waals surface area contributed by atoms with Crippen LogP contribution in [-0.2, 0) is 4.79 Å². The average molecular weight is 432 g/mol. The van der Waals surface area contributed by atoms with Crippen molar-refractivity contribution in [1.29, 1.82) is 0 Å². The summed E-state index contributed by atoms with van der Waals surface area (Å²) < 4.78 is 34.7. The summed E-state index contributed by atoms with van der Waals surface area (Å²) in [6.45, 7) is 2.48. The molecule has 4 rings (SSSR count). The van der Waals surface area contributed by atoms with Gasteiger partial charge in [-0.1, -0.05) is 6.07 Å². The molecule has 166 valence electrons. The van der Waals surface area contributed by atoms with Crippen molar-refractivity contribution in [2.24, 2.45) is 5.92 Å². The predicted octanol–water partition coefficient (Wildman–Crippen LogP) is 3.01. The van der Waals surface area contributed by atoms with Crippen LogP contribution in [0.25, 0.3) is 0 Å². The highest BCUT2D eigenvalue weighted by atomic mass is 19.3. The van der Waals surface area contributed by atoms with Gasteiger partial charge < -0.3 is 15.0 Å². The number of alkyl halides is 2. The fraction of sp³-hybridized carbons (Fsp3) is 0.500. The Morgan fingerprint density at radius 1 is 1.35 bits per heavy atom. The van der Waals surface area contributed by atoms with Gasteiger partial charge in [0.1, 0.15) is 11.6 Å². The van der Waals surface area contributed by atoms with Crippen LogP contribution in [0.15, 0.2) is 41.5 Å². The number of nitrogens with zero attached hydrogens (tertiary/aromatic N) is 2. The van der Waals surface area contributed by atoms with E-state index in [-0.39, 0.29) is 31.0 Å². The number of nitrogens with one attached hydrogen (secondary N) is 2. The third-order valence-electron chi connectivity index (χ3n) is 5.97. The Bertz CT molecular complexity index is 955. The first-order valence-corrected chi connectivity index (χ1v) is 10.5. The van der Waals surface area contributed by atoms with Crippen LogP contribution in [0.4, 0.5) is 14.6 Å². The summed E-state index contributed by atoms with van der Waals surface area (Å²) in [6.07, 6.45) is 4.93. The average Bonchev–Trinajstić information content (AvgIpc) is 3.58. The molecule has 7 nitrogen and oxygen atoms in total. The summed E-state index contributed by atoms with van der Waals surface area (Å²) in [4.78, 5) is 32.4. The van der Waals surface area contributed by atoms with Gasteiger partial charge in [-0.15, -0.1) is 0 Å². The van der Waals surface area contributed by atoms with Gasteiger partial charge in [0.2, 0.25) is 11.5 Å². The summed E-state index contributed by atoms with van der Waals surface area (Å²) in [5.74, 6) is -2.66. The zero-order valence-electron chi connectivity index (χ0n) is 17.3. The van der Waals surface area contributed by atoms with Gasteiger partial charge in [-0.3, -0.25) is 14.5 Å². The van der Waals surface area contributed by atoms with Crippen LogP contribution >= 0.6 is 0 Å². The van der Waals surface area contributed by atoms with Crippen LogP contribution in [0.3, 0.4) is 0 Å². The first kappa shape index (κ1) is 21.4. The number of aromatic nitrogens is 2. The van der Waals surface area contributed by atoms with E-state index in [1.807, 2.05) is 0 Å². The second-order valence-electron chi connectivity index (χ2n) is 8.34. The molecular formula is C22H26F2N4O3. The maximum Gasteiger partial charge on any atom is 0.257 e. The van der Waals surface area contributed by atoms with Gasteiger partial charge in [0.25, 0.3) is 5.92 Å².